The van der Waals surface area contributed by atoms with Gasteiger partial charge in [0.15, 0.2) is 0 Å². The molecule has 0 aliphatic rings. The molecule has 2 aromatic rings. The molecule has 0 unspecified atom stereocenters. The molecule has 0 amide bonds. The Bertz CT molecular complexity index is 445. The zero-order valence-corrected chi connectivity index (χ0v) is 9.57. The first-order valence-corrected chi connectivity index (χ1v) is 5.03. The van der Waals surface area contributed by atoms with Gasteiger partial charge in [-0.2, -0.15) is 10.2 Å². The standard InChI is InChI=1S/C11H16N4/c1-11(2,3)10-7-9(15(4)14-10)8-5-6-12-13-8/h5-7H,1-4H3,(H,12,13). The fourth-order valence-corrected chi connectivity index (χ4v) is 1.48. The van der Waals surface area contributed by atoms with Gasteiger partial charge in [0, 0.05) is 18.7 Å². The first-order valence-electron chi connectivity index (χ1n) is 5.03. The number of rotatable bonds is 1. The van der Waals surface area contributed by atoms with Gasteiger partial charge in [0.1, 0.15) is 0 Å². The van der Waals surface area contributed by atoms with Crippen LogP contribution < -0.4 is 0 Å². The highest BCUT2D eigenvalue weighted by Gasteiger charge is 2.19. The molecule has 0 aliphatic heterocycles. The highest BCUT2D eigenvalue weighted by Crippen LogP contribution is 2.25. The molecule has 0 aliphatic carbocycles. The maximum absolute atomic E-state index is 4.51. The van der Waals surface area contributed by atoms with Crippen molar-refractivity contribution in [2.75, 3.05) is 0 Å². The van der Waals surface area contributed by atoms with E-state index in [4.69, 9.17) is 0 Å². The molecule has 0 aromatic carbocycles. The molecule has 15 heavy (non-hydrogen) atoms. The van der Waals surface area contributed by atoms with E-state index in [9.17, 15) is 0 Å². The quantitative estimate of drug-likeness (QED) is 0.773. The lowest BCUT2D eigenvalue weighted by Gasteiger charge is -2.13. The van der Waals surface area contributed by atoms with E-state index in [1.54, 1.807) is 6.20 Å². The van der Waals surface area contributed by atoms with Crippen LogP contribution in [-0.2, 0) is 12.5 Å². The first kappa shape index (κ1) is 9.96. The van der Waals surface area contributed by atoms with Gasteiger partial charge in [0.05, 0.1) is 17.1 Å². The van der Waals surface area contributed by atoms with Crippen LogP contribution in [0.5, 0.6) is 0 Å². The lowest BCUT2D eigenvalue weighted by molar-refractivity contribution is 0.553. The molecule has 0 atom stereocenters. The van der Waals surface area contributed by atoms with E-state index in [-0.39, 0.29) is 5.41 Å². The molecule has 0 radical (unpaired) electrons. The van der Waals surface area contributed by atoms with Crippen LogP contribution in [0.3, 0.4) is 0 Å². The Morgan fingerprint density at radius 2 is 2.07 bits per heavy atom. The molecule has 0 saturated carbocycles. The Hall–Kier alpha value is -1.58. The van der Waals surface area contributed by atoms with E-state index < -0.39 is 0 Å². The van der Waals surface area contributed by atoms with E-state index >= 15 is 0 Å². The Morgan fingerprint density at radius 3 is 2.53 bits per heavy atom. The lowest BCUT2D eigenvalue weighted by atomic mass is 9.92. The van der Waals surface area contributed by atoms with Crippen LogP contribution in [0.2, 0.25) is 0 Å². The molecule has 4 heteroatoms. The molecule has 80 valence electrons. The van der Waals surface area contributed by atoms with Crippen LogP contribution in [0.25, 0.3) is 11.4 Å². The van der Waals surface area contributed by atoms with E-state index in [0.29, 0.717) is 0 Å². The molecule has 4 nitrogen and oxygen atoms in total. The van der Waals surface area contributed by atoms with E-state index in [1.807, 2.05) is 17.8 Å². The van der Waals surface area contributed by atoms with Crippen LogP contribution in [-0.4, -0.2) is 20.0 Å². The van der Waals surface area contributed by atoms with Crippen LogP contribution >= 0.6 is 0 Å². The van der Waals surface area contributed by atoms with E-state index in [2.05, 4.69) is 42.1 Å². The zero-order chi connectivity index (χ0) is 11.1. The van der Waals surface area contributed by atoms with Crippen molar-refractivity contribution in [1.82, 2.24) is 20.0 Å². The summed E-state index contributed by atoms with van der Waals surface area (Å²) < 4.78 is 1.88. The third-order valence-electron chi connectivity index (χ3n) is 2.42. The smallest absolute Gasteiger partial charge is 0.0860 e. The summed E-state index contributed by atoms with van der Waals surface area (Å²) in [6, 6.07) is 4.05. The second-order valence-electron chi connectivity index (χ2n) is 4.76. The van der Waals surface area contributed by atoms with E-state index in [1.165, 1.54) is 0 Å². The van der Waals surface area contributed by atoms with Crippen LogP contribution in [0, 0.1) is 0 Å². The molecule has 2 rings (SSSR count). The van der Waals surface area contributed by atoms with Crippen molar-refractivity contribution < 1.29 is 0 Å². The lowest BCUT2D eigenvalue weighted by Crippen LogP contribution is -2.12. The molecule has 0 saturated heterocycles. The van der Waals surface area contributed by atoms with Gasteiger partial charge in [-0.3, -0.25) is 9.78 Å². The highest BCUT2D eigenvalue weighted by molar-refractivity contribution is 5.54. The highest BCUT2D eigenvalue weighted by atomic mass is 15.3. The fourth-order valence-electron chi connectivity index (χ4n) is 1.48. The summed E-state index contributed by atoms with van der Waals surface area (Å²) in [5.41, 5.74) is 3.24. The summed E-state index contributed by atoms with van der Waals surface area (Å²) in [5, 5.41) is 11.4. The second kappa shape index (κ2) is 3.22. The van der Waals surface area contributed by atoms with Crippen molar-refractivity contribution in [3.8, 4) is 11.4 Å². The van der Waals surface area contributed by atoms with Gasteiger partial charge in [-0.25, -0.2) is 0 Å². The predicted octanol–water partition coefficient (Wildman–Crippen LogP) is 2.11. The van der Waals surface area contributed by atoms with Gasteiger partial charge < -0.3 is 0 Å². The summed E-state index contributed by atoms with van der Waals surface area (Å²) in [4.78, 5) is 0. The van der Waals surface area contributed by atoms with Crippen molar-refractivity contribution in [3.63, 3.8) is 0 Å². The van der Waals surface area contributed by atoms with Crippen molar-refractivity contribution in [3.05, 3.63) is 24.0 Å². The van der Waals surface area contributed by atoms with E-state index in [0.717, 1.165) is 17.1 Å². The Labute approximate surface area is 89.3 Å². The topological polar surface area (TPSA) is 46.5 Å². The van der Waals surface area contributed by atoms with Gasteiger partial charge in [-0.1, -0.05) is 20.8 Å². The minimum Gasteiger partial charge on any atom is -0.276 e. The number of aryl methyl sites for hydroxylation is 1. The number of nitrogens with one attached hydrogen (secondary N) is 1. The summed E-state index contributed by atoms with van der Waals surface area (Å²) in [6.07, 6.45) is 1.75. The number of nitrogens with zero attached hydrogens (tertiary/aromatic N) is 3. The Kier molecular flexibility index (Phi) is 2.14. The van der Waals surface area contributed by atoms with Gasteiger partial charge >= 0.3 is 0 Å². The maximum atomic E-state index is 4.51. The molecular formula is C11H16N4. The largest absolute Gasteiger partial charge is 0.276 e. The molecule has 1 N–H and O–H groups in total. The van der Waals surface area contributed by atoms with Crippen LogP contribution in [0.1, 0.15) is 26.5 Å². The minimum absolute atomic E-state index is 0.0794. The zero-order valence-electron chi connectivity index (χ0n) is 9.57. The average molecular weight is 204 g/mol. The third-order valence-corrected chi connectivity index (χ3v) is 2.42. The number of aromatic nitrogens is 4. The number of aromatic amines is 1. The molecule has 0 spiro atoms. The van der Waals surface area contributed by atoms with Gasteiger partial charge in [0.25, 0.3) is 0 Å². The number of hydrogen-bond acceptors (Lipinski definition) is 2. The minimum atomic E-state index is 0.0794. The van der Waals surface area contributed by atoms with Gasteiger partial charge in [0.2, 0.25) is 0 Å². The first-order chi connectivity index (χ1) is 6.98. The summed E-state index contributed by atoms with van der Waals surface area (Å²) in [7, 11) is 1.95. The molecule has 0 fully saturated rings. The van der Waals surface area contributed by atoms with Crippen molar-refractivity contribution in [2.24, 2.45) is 7.05 Å². The SMILES string of the molecule is Cn1nc(C(C)(C)C)cc1-c1ccn[nH]1. The second-order valence-corrected chi connectivity index (χ2v) is 4.76. The molecule has 0 bridgehead atoms. The van der Waals surface area contributed by atoms with Gasteiger partial charge in [-0.05, 0) is 12.1 Å². The average Bonchev–Trinajstić information content (AvgIpc) is 2.69. The molecular weight excluding hydrogens is 188 g/mol. The fraction of sp³-hybridized carbons (Fsp3) is 0.455. The number of hydrogen-bond donors (Lipinski definition) is 1. The monoisotopic (exact) mass is 204 g/mol. The summed E-state index contributed by atoms with van der Waals surface area (Å²) in [6.45, 7) is 6.48. The van der Waals surface area contributed by atoms with Crippen molar-refractivity contribution in [1.29, 1.82) is 0 Å². The van der Waals surface area contributed by atoms with Crippen molar-refractivity contribution >= 4 is 0 Å². The summed E-state index contributed by atoms with van der Waals surface area (Å²) >= 11 is 0. The van der Waals surface area contributed by atoms with Crippen LogP contribution in [0.4, 0.5) is 0 Å². The Morgan fingerprint density at radius 1 is 1.33 bits per heavy atom. The number of H-pyrrole nitrogens is 1. The Balaban J connectivity index is 2.47. The van der Waals surface area contributed by atoms with Gasteiger partial charge in [-0.15, -0.1) is 0 Å². The molecule has 2 heterocycles. The molecule has 2 aromatic heterocycles. The predicted molar refractivity (Wildman–Crippen MR) is 59.5 cm³/mol. The van der Waals surface area contributed by atoms with Crippen LogP contribution in [0.15, 0.2) is 18.3 Å². The van der Waals surface area contributed by atoms with Crippen molar-refractivity contribution in [2.45, 2.75) is 26.2 Å². The normalized spacial score (nSPS) is 12.0. The summed E-state index contributed by atoms with van der Waals surface area (Å²) in [5.74, 6) is 0. The maximum Gasteiger partial charge on any atom is 0.0860 e. The third kappa shape index (κ3) is 1.79.